The minimum Gasteiger partial charge on any atom is -0.501 e. The van der Waals surface area contributed by atoms with Crippen molar-refractivity contribution < 1.29 is 13.2 Å². The zero-order chi connectivity index (χ0) is 12.9. The van der Waals surface area contributed by atoms with Crippen molar-refractivity contribution in [2.45, 2.75) is 6.42 Å². The molecule has 0 N–H and O–H groups in total. The van der Waals surface area contributed by atoms with Gasteiger partial charge >= 0.3 is 0 Å². The Hall–Kier alpha value is -1.74. The van der Waals surface area contributed by atoms with E-state index in [1.807, 2.05) is 6.08 Å². The molecule has 0 aromatic heterocycles. The van der Waals surface area contributed by atoms with Crippen LogP contribution in [0.2, 0.25) is 0 Å². The lowest BCUT2D eigenvalue weighted by molar-refractivity contribution is 0.285. The van der Waals surface area contributed by atoms with Gasteiger partial charge < -0.3 is 4.74 Å². The molecule has 0 spiro atoms. The van der Waals surface area contributed by atoms with Crippen LogP contribution in [0.3, 0.4) is 0 Å². The van der Waals surface area contributed by atoms with Gasteiger partial charge in [0.1, 0.15) is 0 Å². The van der Waals surface area contributed by atoms with Crippen LogP contribution in [0.1, 0.15) is 6.42 Å². The molecule has 0 fully saturated rings. The van der Waals surface area contributed by atoms with E-state index in [1.54, 1.807) is 31.4 Å². The monoisotopic (exact) mass is 254 g/mol. The Bertz CT molecular complexity index is 509. The lowest BCUT2D eigenvalue weighted by Crippen LogP contribution is -2.27. The summed E-state index contributed by atoms with van der Waals surface area (Å²) in [6, 6.07) is 1.64. The molecule has 0 amide bonds. The maximum Gasteiger partial charge on any atom is 0.248 e. The Morgan fingerprint density at radius 2 is 2.24 bits per heavy atom. The molecule has 0 saturated heterocycles. The molecule has 6 heteroatoms. The number of hydrogen-bond acceptors (Lipinski definition) is 4. The van der Waals surface area contributed by atoms with Crippen LogP contribution < -0.4 is 0 Å². The lowest BCUT2D eigenvalue weighted by atomic mass is 10.3. The second-order valence-corrected chi connectivity index (χ2v) is 5.42. The van der Waals surface area contributed by atoms with E-state index in [0.29, 0.717) is 12.1 Å². The molecule has 1 aliphatic carbocycles. The maximum absolute atomic E-state index is 11.7. The van der Waals surface area contributed by atoms with Gasteiger partial charge in [-0.25, -0.2) is 8.42 Å². The van der Waals surface area contributed by atoms with Crippen LogP contribution in [-0.4, -0.2) is 32.6 Å². The summed E-state index contributed by atoms with van der Waals surface area (Å²) in [7, 11) is -0.579. The number of likely N-dealkylation sites (N-methyl/N-ethyl adjacent to an activating group) is 1. The highest BCUT2D eigenvalue weighted by Crippen LogP contribution is 2.16. The number of hydrogen-bond donors (Lipinski definition) is 0. The van der Waals surface area contributed by atoms with Gasteiger partial charge in [0.05, 0.1) is 24.6 Å². The van der Waals surface area contributed by atoms with Crippen molar-refractivity contribution in [3.05, 3.63) is 35.8 Å². The molecule has 92 valence electrons. The van der Waals surface area contributed by atoms with E-state index < -0.39 is 15.8 Å². The van der Waals surface area contributed by atoms with Crippen molar-refractivity contribution in [1.82, 2.24) is 4.31 Å². The molecule has 1 aliphatic rings. The molecule has 0 aromatic carbocycles. The minimum absolute atomic E-state index is 0.507. The third-order valence-electron chi connectivity index (χ3n) is 2.34. The van der Waals surface area contributed by atoms with Gasteiger partial charge in [0.2, 0.25) is 10.0 Å². The first-order valence-corrected chi connectivity index (χ1v) is 6.57. The van der Waals surface area contributed by atoms with E-state index in [0.717, 1.165) is 10.1 Å². The molecule has 1 rings (SSSR count). The molecule has 0 heterocycles. The summed E-state index contributed by atoms with van der Waals surface area (Å²) in [6.07, 6.45) is 7.48. The number of nitrogens with zero attached hydrogens (tertiary/aromatic N) is 2. The number of ether oxygens (including phenoxy) is 1. The van der Waals surface area contributed by atoms with Gasteiger partial charge in [0.15, 0.2) is 5.75 Å². The Morgan fingerprint density at radius 3 is 2.82 bits per heavy atom. The largest absolute Gasteiger partial charge is 0.501 e. The predicted octanol–water partition coefficient (Wildman–Crippen LogP) is 1.15. The van der Waals surface area contributed by atoms with Crippen molar-refractivity contribution in [2.24, 2.45) is 0 Å². The molecular formula is C11H14N2O3S. The van der Waals surface area contributed by atoms with Gasteiger partial charge in [-0.15, -0.1) is 0 Å². The summed E-state index contributed by atoms with van der Waals surface area (Å²) < 4.78 is 29.5. The fourth-order valence-electron chi connectivity index (χ4n) is 1.30. The summed E-state index contributed by atoms with van der Waals surface area (Å²) in [4.78, 5) is 0. The number of sulfonamides is 1. The van der Waals surface area contributed by atoms with E-state index in [-0.39, 0.29) is 0 Å². The first-order valence-electron chi connectivity index (χ1n) is 4.96. The van der Waals surface area contributed by atoms with Gasteiger partial charge in [-0.3, -0.25) is 4.31 Å². The molecule has 5 nitrogen and oxygen atoms in total. The highest BCUT2D eigenvalue weighted by molar-refractivity contribution is 7.89. The summed E-state index contributed by atoms with van der Waals surface area (Å²) >= 11 is 0. The summed E-state index contributed by atoms with van der Waals surface area (Å²) in [5.41, 5.74) is 0.507. The SMILES string of the molecule is COC1=CC=C(N(C)S(=O)(=O)CC#N)C=CC1. The smallest absolute Gasteiger partial charge is 0.248 e. The van der Waals surface area contributed by atoms with Crippen LogP contribution in [0.25, 0.3) is 0 Å². The normalized spacial score (nSPS) is 15.4. The van der Waals surface area contributed by atoms with Gasteiger partial charge in [0, 0.05) is 13.5 Å². The molecule has 17 heavy (non-hydrogen) atoms. The topological polar surface area (TPSA) is 70.4 Å². The van der Waals surface area contributed by atoms with E-state index >= 15 is 0 Å². The molecule has 0 atom stereocenters. The van der Waals surface area contributed by atoms with Crippen LogP contribution >= 0.6 is 0 Å². The average Bonchev–Trinajstić information content (AvgIpc) is 2.52. The zero-order valence-electron chi connectivity index (χ0n) is 9.75. The maximum atomic E-state index is 11.7. The van der Waals surface area contributed by atoms with Gasteiger partial charge in [-0.1, -0.05) is 6.08 Å². The molecule has 0 aromatic rings. The third-order valence-corrected chi connectivity index (χ3v) is 3.88. The first-order chi connectivity index (χ1) is 8.01. The number of allylic oxidation sites excluding steroid dienone is 4. The van der Waals surface area contributed by atoms with Gasteiger partial charge in [-0.2, -0.15) is 5.26 Å². The Labute approximate surface area is 101 Å². The predicted molar refractivity (Wildman–Crippen MR) is 64.1 cm³/mol. The molecular weight excluding hydrogens is 240 g/mol. The summed E-state index contributed by atoms with van der Waals surface area (Å²) in [5.74, 6) is 0.220. The van der Waals surface area contributed by atoms with Gasteiger partial charge in [-0.05, 0) is 18.2 Å². The second-order valence-electron chi connectivity index (χ2n) is 3.42. The fraction of sp³-hybridized carbons (Fsp3) is 0.364. The molecule has 0 bridgehead atoms. The third kappa shape index (κ3) is 3.36. The van der Waals surface area contributed by atoms with E-state index in [1.165, 1.54) is 7.05 Å². The molecule has 0 radical (unpaired) electrons. The van der Waals surface area contributed by atoms with Gasteiger partial charge in [0.25, 0.3) is 0 Å². The van der Waals surface area contributed by atoms with Crippen LogP contribution in [0, 0.1) is 11.3 Å². The van der Waals surface area contributed by atoms with Crippen LogP contribution in [0.5, 0.6) is 0 Å². The average molecular weight is 254 g/mol. The fourth-order valence-corrected chi connectivity index (χ4v) is 2.10. The first kappa shape index (κ1) is 13.3. The number of rotatable bonds is 4. The highest BCUT2D eigenvalue weighted by Gasteiger charge is 2.18. The molecule has 0 unspecified atom stereocenters. The van der Waals surface area contributed by atoms with Crippen molar-refractivity contribution in [3.63, 3.8) is 0 Å². The minimum atomic E-state index is -3.57. The summed E-state index contributed by atoms with van der Waals surface area (Å²) in [6.45, 7) is 0. The Balaban J connectivity index is 2.99. The van der Waals surface area contributed by atoms with E-state index in [9.17, 15) is 8.42 Å². The van der Waals surface area contributed by atoms with Crippen LogP contribution in [0.4, 0.5) is 0 Å². The second kappa shape index (κ2) is 5.55. The van der Waals surface area contributed by atoms with Crippen LogP contribution in [0.15, 0.2) is 35.8 Å². The lowest BCUT2D eigenvalue weighted by Gasteiger charge is -2.18. The standard InChI is InChI=1S/C11H14N2O3S/c1-13(17(14,15)9-8-12)10-4-3-5-11(16-2)7-6-10/h3-4,6-7H,5,9H2,1-2H3. The van der Waals surface area contributed by atoms with E-state index in [4.69, 9.17) is 10.00 Å². The Morgan fingerprint density at radius 1 is 1.53 bits per heavy atom. The van der Waals surface area contributed by atoms with Crippen molar-refractivity contribution >= 4 is 10.0 Å². The van der Waals surface area contributed by atoms with E-state index in [2.05, 4.69) is 0 Å². The number of methoxy groups -OCH3 is 1. The quantitative estimate of drug-likeness (QED) is 0.754. The molecule has 0 aliphatic heterocycles. The zero-order valence-corrected chi connectivity index (χ0v) is 10.6. The van der Waals surface area contributed by atoms with Crippen molar-refractivity contribution in [2.75, 3.05) is 19.9 Å². The highest BCUT2D eigenvalue weighted by atomic mass is 32.2. The van der Waals surface area contributed by atoms with Crippen molar-refractivity contribution in [3.8, 4) is 6.07 Å². The number of nitriles is 1. The van der Waals surface area contributed by atoms with Crippen LogP contribution in [-0.2, 0) is 14.8 Å². The Kier molecular flexibility index (Phi) is 4.35. The summed E-state index contributed by atoms with van der Waals surface area (Å²) in [5, 5.41) is 8.46. The van der Waals surface area contributed by atoms with Crippen molar-refractivity contribution in [1.29, 1.82) is 5.26 Å². The molecule has 0 saturated carbocycles.